The molecule has 0 bridgehead atoms. The van der Waals surface area contributed by atoms with Crippen molar-refractivity contribution in [3.8, 4) is 0 Å². The Bertz CT molecular complexity index is 1150. The van der Waals surface area contributed by atoms with Crippen LogP contribution in [0.3, 0.4) is 0 Å². The summed E-state index contributed by atoms with van der Waals surface area (Å²) < 4.78 is 1.14. The largest absolute Gasteiger partial charge is 0.376 e. The molecule has 1 N–H and O–H groups in total. The number of aromatic nitrogens is 2. The number of fused-ring (bicyclic) bond motifs is 1. The molecule has 1 aliphatic rings. The SMILES string of the molecule is CC(=O)N(Cc1ccc(Nc2nc3ccccn3c(=O)c2[N+](=O)[O-])cc1)C1CC1. The van der Waals surface area contributed by atoms with Crippen molar-refractivity contribution >= 4 is 28.7 Å². The first-order valence-corrected chi connectivity index (χ1v) is 9.23. The van der Waals surface area contributed by atoms with Crippen LogP contribution in [0, 0.1) is 10.1 Å². The van der Waals surface area contributed by atoms with Gasteiger partial charge in [-0.3, -0.25) is 24.1 Å². The van der Waals surface area contributed by atoms with Crippen LogP contribution in [0.25, 0.3) is 5.65 Å². The molecule has 148 valence electrons. The molecule has 1 aromatic carbocycles. The molecule has 0 radical (unpaired) electrons. The predicted octanol–water partition coefficient (Wildman–Crippen LogP) is 2.86. The molecule has 0 aliphatic heterocycles. The second kappa shape index (κ2) is 7.34. The molecule has 1 aliphatic carbocycles. The van der Waals surface area contributed by atoms with Crippen molar-refractivity contribution in [3.63, 3.8) is 0 Å². The van der Waals surface area contributed by atoms with E-state index in [1.165, 1.54) is 6.20 Å². The van der Waals surface area contributed by atoms with E-state index in [0.29, 0.717) is 23.9 Å². The smallest absolute Gasteiger partial charge is 0.336 e. The van der Waals surface area contributed by atoms with Crippen molar-refractivity contribution in [2.24, 2.45) is 0 Å². The molecule has 1 amide bonds. The van der Waals surface area contributed by atoms with Gasteiger partial charge in [-0.2, -0.15) is 0 Å². The maximum Gasteiger partial charge on any atom is 0.376 e. The second-order valence-electron chi connectivity index (χ2n) is 7.00. The average molecular weight is 393 g/mol. The molecule has 0 saturated heterocycles. The van der Waals surface area contributed by atoms with E-state index < -0.39 is 16.2 Å². The van der Waals surface area contributed by atoms with Gasteiger partial charge in [0.15, 0.2) is 0 Å². The van der Waals surface area contributed by atoms with Crippen LogP contribution in [-0.4, -0.2) is 31.2 Å². The fraction of sp³-hybridized carbons (Fsp3) is 0.250. The predicted molar refractivity (Wildman–Crippen MR) is 107 cm³/mol. The van der Waals surface area contributed by atoms with Crippen molar-refractivity contribution in [3.05, 3.63) is 74.7 Å². The van der Waals surface area contributed by atoms with E-state index in [1.54, 1.807) is 37.3 Å². The lowest BCUT2D eigenvalue weighted by Gasteiger charge is -2.20. The number of hydrogen-bond acceptors (Lipinski definition) is 6. The number of anilines is 2. The van der Waals surface area contributed by atoms with Crippen LogP contribution in [0.5, 0.6) is 0 Å². The molecular weight excluding hydrogens is 374 g/mol. The Hall–Kier alpha value is -3.75. The first-order valence-electron chi connectivity index (χ1n) is 9.23. The summed E-state index contributed by atoms with van der Waals surface area (Å²) in [5.41, 5.74) is 0.461. The van der Waals surface area contributed by atoms with Gasteiger partial charge in [-0.05, 0) is 42.7 Å². The Labute approximate surface area is 165 Å². The topological polar surface area (TPSA) is 110 Å². The van der Waals surface area contributed by atoms with E-state index >= 15 is 0 Å². The summed E-state index contributed by atoms with van der Waals surface area (Å²) in [6, 6.07) is 12.4. The first-order chi connectivity index (χ1) is 13.9. The van der Waals surface area contributed by atoms with Crippen LogP contribution in [-0.2, 0) is 11.3 Å². The minimum absolute atomic E-state index is 0.0474. The lowest BCUT2D eigenvalue weighted by Crippen LogP contribution is -2.30. The van der Waals surface area contributed by atoms with Crippen LogP contribution in [0.2, 0.25) is 0 Å². The van der Waals surface area contributed by atoms with Gasteiger partial charge in [0.2, 0.25) is 11.7 Å². The van der Waals surface area contributed by atoms with E-state index in [4.69, 9.17) is 0 Å². The molecule has 9 nitrogen and oxygen atoms in total. The van der Waals surface area contributed by atoms with E-state index in [-0.39, 0.29) is 11.7 Å². The highest BCUT2D eigenvalue weighted by molar-refractivity contribution is 5.74. The number of benzene rings is 1. The van der Waals surface area contributed by atoms with Gasteiger partial charge < -0.3 is 10.2 Å². The fourth-order valence-electron chi connectivity index (χ4n) is 3.24. The van der Waals surface area contributed by atoms with Gasteiger partial charge in [-0.1, -0.05) is 18.2 Å². The molecule has 29 heavy (non-hydrogen) atoms. The van der Waals surface area contributed by atoms with Crippen LogP contribution in [0.15, 0.2) is 53.5 Å². The summed E-state index contributed by atoms with van der Waals surface area (Å²) in [6.07, 6.45) is 3.51. The normalized spacial score (nSPS) is 13.3. The number of pyridine rings is 1. The van der Waals surface area contributed by atoms with Crippen LogP contribution >= 0.6 is 0 Å². The van der Waals surface area contributed by atoms with Gasteiger partial charge in [0.05, 0.1) is 4.92 Å². The number of rotatable bonds is 6. The molecule has 0 spiro atoms. The summed E-state index contributed by atoms with van der Waals surface area (Å²) in [5.74, 6) is -0.0616. The third kappa shape index (κ3) is 3.79. The minimum Gasteiger partial charge on any atom is -0.336 e. The third-order valence-electron chi connectivity index (χ3n) is 4.85. The summed E-state index contributed by atoms with van der Waals surface area (Å²) >= 11 is 0. The lowest BCUT2D eigenvalue weighted by atomic mass is 10.2. The molecule has 0 atom stereocenters. The van der Waals surface area contributed by atoms with Gasteiger partial charge >= 0.3 is 11.2 Å². The average Bonchev–Trinajstić information content (AvgIpc) is 3.52. The zero-order chi connectivity index (χ0) is 20.5. The molecule has 9 heteroatoms. The van der Waals surface area contributed by atoms with Crippen molar-refractivity contribution in [2.75, 3.05) is 5.32 Å². The molecule has 2 heterocycles. The van der Waals surface area contributed by atoms with Gasteiger partial charge in [-0.25, -0.2) is 4.98 Å². The number of carbonyl (C=O) groups is 1. The van der Waals surface area contributed by atoms with Crippen LogP contribution in [0.1, 0.15) is 25.3 Å². The van der Waals surface area contributed by atoms with Gasteiger partial charge in [0.1, 0.15) is 5.65 Å². The molecule has 3 aromatic rings. The Morgan fingerprint density at radius 3 is 2.62 bits per heavy atom. The molecule has 0 unspecified atom stereocenters. The Kier molecular flexibility index (Phi) is 4.71. The van der Waals surface area contributed by atoms with Gasteiger partial charge in [-0.15, -0.1) is 0 Å². The number of nitrogens with zero attached hydrogens (tertiary/aromatic N) is 4. The van der Waals surface area contributed by atoms with Crippen LogP contribution < -0.4 is 10.9 Å². The second-order valence-corrected chi connectivity index (χ2v) is 7.00. The van der Waals surface area contributed by atoms with Crippen molar-refractivity contribution in [2.45, 2.75) is 32.4 Å². The first kappa shape index (κ1) is 18.6. The van der Waals surface area contributed by atoms with E-state index in [0.717, 1.165) is 22.8 Å². The Balaban J connectivity index is 1.61. The number of hydrogen-bond donors (Lipinski definition) is 1. The lowest BCUT2D eigenvalue weighted by molar-refractivity contribution is -0.385. The Morgan fingerprint density at radius 2 is 2.00 bits per heavy atom. The summed E-state index contributed by atoms with van der Waals surface area (Å²) in [6.45, 7) is 2.09. The molecule has 4 rings (SSSR count). The quantitative estimate of drug-likeness (QED) is 0.509. The maximum atomic E-state index is 12.5. The highest BCUT2D eigenvalue weighted by atomic mass is 16.6. The monoisotopic (exact) mass is 393 g/mol. The minimum atomic E-state index is -0.749. The zero-order valence-corrected chi connectivity index (χ0v) is 15.7. The molecule has 1 fully saturated rings. The van der Waals surface area contributed by atoms with E-state index in [1.807, 2.05) is 17.0 Å². The number of nitro groups is 1. The summed E-state index contributed by atoms with van der Waals surface area (Å²) in [5, 5.41) is 14.3. The number of nitrogens with one attached hydrogen (secondary N) is 1. The zero-order valence-electron chi connectivity index (χ0n) is 15.7. The van der Waals surface area contributed by atoms with E-state index in [9.17, 15) is 19.7 Å². The van der Waals surface area contributed by atoms with Gasteiger partial charge in [0.25, 0.3) is 0 Å². The van der Waals surface area contributed by atoms with E-state index in [2.05, 4.69) is 10.3 Å². The molecule has 2 aromatic heterocycles. The summed E-state index contributed by atoms with van der Waals surface area (Å²) in [7, 11) is 0. The molecule has 1 saturated carbocycles. The summed E-state index contributed by atoms with van der Waals surface area (Å²) in [4.78, 5) is 41.1. The van der Waals surface area contributed by atoms with Crippen LogP contribution in [0.4, 0.5) is 17.2 Å². The fourth-order valence-corrected chi connectivity index (χ4v) is 3.24. The van der Waals surface area contributed by atoms with Crippen molar-refractivity contribution in [1.29, 1.82) is 0 Å². The number of amides is 1. The molecular formula is C20H19N5O4. The van der Waals surface area contributed by atoms with Crippen molar-refractivity contribution in [1.82, 2.24) is 14.3 Å². The van der Waals surface area contributed by atoms with Crippen molar-refractivity contribution < 1.29 is 9.72 Å². The standard InChI is InChI=1S/C20H19N5O4/c1-13(26)24(16-9-10-16)12-14-5-7-15(8-6-14)21-19-18(25(28)29)20(27)23-11-3-2-4-17(23)22-19/h2-8,11,16,21H,9-10,12H2,1H3. The maximum absolute atomic E-state index is 12.5. The highest BCUT2D eigenvalue weighted by Crippen LogP contribution is 2.29. The third-order valence-corrected chi connectivity index (χ3v) is 4.85. The number of carbonyl (C=O) groups excluding carboxylic acids is 1. The highest BCUT2D eigenvalue weighted by Gasteiger charge is 2.30. The Morgan fingerprint density at radius 1 is 1.28 bits per heavy atom. The van der Waals surface area contributed by atoms with Gasteiger partial charge in [0, 0.05) is 31.4 Å².